The molecule has 5 heterocycles. The van der Waals surface area contributed by atoms with Gasteiger partial charge in [0.1, 0.15) is 24.4 Å². The number of rotatable bonds is 24. The van der Waals surface area contributed by atoms with Gasteiger partial charge in [0.15, 0.2) is 0 Å². The first-order valence-electron chi connectivity index (χ1n) is 16.7. The lowest BCUT2D eigenvalue weighted by molar-refractivity contribution is 0.111. The molecular weight excluding hydrogens is 641 g/mol. The van der Waals surface area contributed by atoms with Crippen LogP contribution in [0.2, 0.25) is 50.4 Å². The standard InChI is InChI=1S/C28H56O12Si4/c1-41(13-5-9-29-17-25-21-33-25)37-42(2,14-6-10-30-18-26-22-34-26)39-44(4,16-8-12-32-20-28-24-36-28)40-43(3,38-41)15-7-11-31-19-27-23-35-27/h25-28H,5-24H2,1-4H3/t25-,26-,27+,28+,41?,42?,43?,44?. The zero-order chi connectivity index (χ0) is 30.9. The molecule has 5 aliphatic rings. The SMILES string of the molecule is C[Si]1(CCCOC[C@@H]2CO2)O[Si](C)(CCCOC[C@@H]2CO2)O[Si](C)(CCCOC[C@H]2CO2)O[Si](C)(CCCOC[C@H]2CO2)O1. The number of epoxide rings is 4. The normalized spacial score (nSPS) is 39.5. The zero-order valence-corrected chi connectivity index (χ0v) is 31.4. The van der Waals surface area contributed by atoms with Crippen molar-refractivity contribution in [2.24, 2.45) is 0 Å². The smallest absolute Gasteiger partial charge is 0.317 e. The zero-order valence-electron chi connectivity index (χ0n) is 27.4. The van der Waals surface area contributed by atoms with Crippen LogP contribution in [0.25, 0.3) is 0 Å². The van der Waals surface area contributed by atoms with Crippen molar-refractivity contribution in [2.45, 2.75) is 100 Å². The van der Waals surface area contributed by atoms with Gasteiger partial charge in [0.05, 0.1) is 52.9 Å². The lowest BCUT2D eigenvalue weighted by Crippen LogP contribution is -2.67. The Kier molecular flexibility index (Phi) is 13.5. The van der Waals surface area contributed by atoms with E-state index in [2.05, 4.69) is 26.2 Å². The van der Waals surface area contributed by atoms with Gasteiger partial charge in [-0.25, -0.2) is 0 Å². The third-order valence-corrected chi connectivity index (χ3v) is 27.1. The highest BCUT2D eigenvalue weighted by atomic mass is 28.5. The van der Waals surface area contributed by atoms with Crippen molar-refractivity contribution >= 4 is 34.2 Å². The van der Waals surface area contributed by atoms with E-state index in [-0.39, 0.29) is 24.4 Å². The molecule has 0 N–H and O–H groups in total. The van der Waals surface area contributed by atoms with Crippen molar-refractivity contribution in [2.75, 3.05) is 79.3 Å². The van der Waals surface area contributed by atoms with Crippen molar-refractivity contribution in [3.63, 3.8) is 0 Å². The molecule has 5 saturated heterocycles. The molecule has 0 aromatic carbocycles. The van der Waals surface area contributed by atoms with Gasteiger partial charge in [-0.3, -0.25) is 0 Å². The lowest BCUT2D eigenvalue weighted by Gasteiger charge is -2.50. The Morgan fingerprint density at radius 3 is 0.795 bits per heavy atom. The summed E-state index contributed by atoms with van der Waals surface area (Å²) in [5.74, 6) is 0. The first-order chi connectivity index (χ1) is 21.1. The van der Waals surface area contributed by atoms with Crippen LogP contribution in [0.1, 0.15) is 25.7 Å². The van der Waals surface area contributed by atoms with Crippen LogP contribution >= 0.6 is 0 Å². The van der Waals surface area contributed by atoms with E-state index in [1.54, 1.807) is 0 Å². The third kappa shape index (κ3) is 13.9. The van der Waals surface area contributed by atoms with Gasteiger partial charge in [-0.15, -0.1) is 0 Å². The summed E-state index contributed by atoms with van der Waals surface area (Å²) in [7, 11) is -10.8. The molecular formula is C28H56O12Si4. The molecule has 44 heavy (non-hydrogen) atoms. The van der Waals surface area contributed by atoms with Crippen LogP contribution in [0.3, 0.4) is 0 Å². The fourth-order valence-corrected chi connectivity index (χ4v) is 29.0. The van der Waals surface area contributed by atoms with E-state index in [1.807, 2.05) is 0 Å². The van der Waals surface area contributed by atoms with E-state index in [4.69, 9.17) is 54.4 Å². The average Bonchev–Trinajstić information content (AvgIpc) is 3.77. The van der Waals surface area contributed by atoms with Crippen molar-refractivity contribution in [1.29, 1.82) is 0 Å². The van der Waals surface area contributed by atoms with Crippen LogP contribution in [-0.4, -0.2) is 138 Å². The number of hydrogen-bond acceptors (Lipinski definition) is 12. The summed E-state index contributed by atoms with van der Waals surface area (Å²) in [6, 6.07) is 3.32. The summed E-state index contributed by atoms with van der Waals surface area (Å²) in [6.45, 7) is 17.3. The van der Waals surface area contributed by atoms with Gasteiger partial charge in [-0.05, 0) is 76.0 Å². The molecule has 0 bridgehead atoms. The Bertz CT molecular complexity index is 714. The second-order valence-corrected chi connectivity index (χ2v) is 27.8. The van der Waals surface area contributed by atoms with Crippen LogP contribution in [0.5, 0.6) is 0 Å². The first-order valence-corrected chi connectivity index (χ1v) is 26.8. The third-order valence-electron chi connectivity index (χ3n) is 8.23. The maximum absolute atomic E-state index is 7.24. The summed E-state index contributed by atoms with van der Waals surface area (Å²) in [5.41, 5.74) is 0. The second-order valence-electron chi connectivity index (χ2n) is 13.5. The second kappa shape index (κ2) is 16.7. The van der Waals surface area contributed by atoms with Crippen molar-refractivity contribution in [1.82, 2.24) is 0 Å². The van der Waals surface area contributed by atoms with E-state index < -0.39 is 34.2 Å². The minimum Gasteiger partial charge on any atom is -0.416 e. The van der Waals surface area contributed by atoms with Gasteiger partial charge in [0.2, 0.25) is 0 Å². The minimum atomic E-state index is -2.69. The summed E-state index contributed by atoms with van der Waals surface area (Å²) in [6.07, 6.45) is 4.55. The van der Waals surface area contributed by atoms with Crippen LogP contribution in [0.4, 0.5) is 0 Å². The highest BCUT2D eigenvalue weighted by Gasteiger charge is 2.56. The monoisotopic (exact) mass is 696 g/mol. The van der Waals surface area contributed by atoms with Crippen LogP contribution in [0.15, 0.2) is 0 Å². The molecule has 0 aromatic rings. The van der Waals surface area contributed by atoms with Gasteiger partial charge >= 0.3 is 34.2 Å². The molecule has 0 saturated carbocycles. The molecule has 256 valence electrons. The minimum absolute atomic E-state index is 0.266. The Morgan fingerprint density at radius 2 is 0.614 bits per heavy atom. The Labute approximate surface area is 267 Å². The van der Waals surface area contributed by atoms with Gasteiger partial charge < -0.3 is 54.4 Å². The van der Waals surface area contributed by atoms with Gasteiger partial charge in [0, 0.05) is 26.4 Å². The predicted octanol–water partition coefficient (Wildman–Crippen LogP) is 3.58. The molecule has 0 radical (unpaired) electrons. The van der Waals surface area contributed by atoms with Gasteiger partial charge in [-0.1, -0.05) is 0 Å². The molecule has 0 amide bonds. The van der Waals surface area contributed by atoms with Gasteiger partial charge in [-0.2, -0.15) is 0 Å². The van der Waals surface area contributed by atoms with Crippen LogP contribution < -0.4 is 0 Å². The fourth-order valence-electron chi connectivity index (χ4n) is 5.82. The maximum Gasteiger partial charge on any atom is 0.317 e. The highest BCUT2D eigenvalue weighted by Crippen LogP contribution is 2.39. The van der Waals surface area contributed by atoms with Gasteiger partial charge in [0.25, 0.3) is 0 Å². The van der Waals surface area contributed by atoms with Crippen molar-refractivity contribution in [3.8, 4) is 0 Å². The number of ether oxygens (including phenoxy) is 8. The molecule has 5 rings (SSSR count). The molecule has 4 unspecified atom stereocenters. The lowest BCUT2D eigenvalue weighted by atomic mass is 10.5. The Hall–Kier alpha value is 0.388. The molecule has 12 nitrogen and oxygen atoms in total. The fraction of sp³-hybridized carbons (Fsp3) is 1.00. The largest absolute Gasteiger partial charge is 0.416 e. The van der Waals surface area contributed by atoms with E-state index in [9.17, 15) is 0 Å². The van der Waals surface area contributed by atoms with Crippen molar-refractivity contribution in [3.05, 3.63) is 0 Å². The van der Waals surface area contributed by atoms with Crippen LogP contribution in [-0.2, 0) is 54.4 Å². The van der Waals surface area contributed by atoms with E-state index >= 15 is 0 Å². The predicted molar refractivity (Wildman–Crippen MR) is 171 cm³/mol. The quantitative estimate of drug-likeness (QED) is 0.0833. The van der Waals surface area contributed by atoms with E-state index in [0.717, 1.165) is 76.3 Å². The highest BCUT2D eigenvalue weighted by molar-refractivity contribution is 6.93. The maximum atomic E-state index is 7.24. The molecule has 0 spiro atoms. The summed E-state index contributed by atoms with van der Waals surface area (Å²) < 4.78 is 73.7. The van der Waals surface area contributed by atoms with E-state index in [1.165, 1.54) is 0 Å². The van der Waals surface area contributed by atoms with Crippen LogP contribution in [0, 0.1) is 0 Å². The van der Waals surface area contributed by atoms with Crippen molar-refractivity contribution < 1.29 is 54.4 Å². The average molecular weight is 697 g/mol. The summed E-state index contributed by atoms with van der Waals surface area (Å²) in [5, 5.41) is 0. The summed E-state index contributed by atoms with van der Waals surface area (Å²) >= 11 is 0. The Morgan fingerprint density at radius 1 is 0.409 bits per heavy atom. The first kappa shape index (κ1) is 35.7. The molecule has 0 aromatic heterocycles. The molecule has 5 aliphatic heterocycles. The molecule has 0 aliphatic carbocycles. The number of hydrogen-bond donors (Lipinski definition) is 0. The Balaban J connectivity index is 1.22. The summed E-state index contributed by atoms with van der Waals surface area (Å²) in [4.78, 5) is 0. The topological polar surface area (TPSA) is 124 Å². The van der Waals surface area contributed by atoms with E-state index in [0.29, 0.717) is 52.9 Å². The molecule has 5 fully saturated rings. The molecule has 8 atom stereocenters. The molecule has 16 heteroatoms.